The average molecular weight is 560 g/mol. The third-order valence-electron chi connectivity index (χ3n) is 7.56. The van der Waals surface area contributed by atoms with Crippen LogP contribution < -0.4 is 0 Å². The van der Waals surface area contributed by atoms with Crippen molar-refractivity contribution in [1.29, 1.82) is 21.0 Å². The van der Waals surface area contributed by atoms with E-state index in [1.165, 1.54) is 0 Å². The van der Waals surface area contributed by atoms with Gasteiger partial charge in [-0.05, 0) is 48.5 Å². The number of para-hydroxylation sites is 1. The summed E-state index contributed by atoms with van der Waals surface area (Å²) in [6, 6.07) is 39.7. The quantitative estimate of drug-likeness (QED) is 0.201. The number of nitriles is 4. The lowest BCUT2D eigenvalue weighted by Crippen LogP contribution is -2.00. The Balaban J connectivity index is 1.67. The Kier molecular flexibility index (Phi) is 6.19. The number of nitrogens with zero attached hydrogens (tertiary/aromatic N) is 7. The average Bonchev–Trinajstić information content (AvgIpc) is 3.10. The van der Waals surface area contributed by atoms with Gasteiger partial charge in [-0.1, -0.05) is 54.6 Å². The lowest BCUT2D eigenvalue weighted by molar-refractivity contribution is 1.29. The maximum atomic E-state index is 10.4. The topological polar surface area (TPSA) is 134 Å². The first-order valence-electron chi connectivity index (χ1n) is 13.6. The van der Waals surface area contributed by atoms with Crippen LogP contribution in [0.15, 0.2) is 103 Å². The summed E-state index contributed by atoms with van der Waals surface area (Å²) in [6.07, 6.45) is 0. The molecule has 7 aromatic rings. The van der Waals surface area contributed by atoms with Gasteiger partial charge in [0.05, 0.1) is 80.2 Å². The fraction of sp³-hybridized carbons (Fsp3) is 0. The van der Waals surface area contributed by atoms with E-state index in [0.29, 0.717) is 72.2 Å². The molecule has 2 heterocycles. The van der Waals surface area contributed by atoms with Crippen LogP contribution in [0.4, 0.5) is 0 Å². The molecular weight excluding hydrogens is 542 g/mol. The highest BCUT2D eigenvalue weighted by atomic mass is 14.8. The maximum absolute atomic E-state index is 10.4. The van der Waals surface area contributed by atoms with E-state index >= 15 is 0 Å². The van der Waals surface area contributed by atoms with Gasteiger partial charge < -0.3 is 0 Å². The minimum Gasteiger partial charge on any atom is -0.247 e. The standard InChI is InChI=1S/C37H17N7/c38-18-22-8-12-25(13-9-22)35-36(26-14-10-23(19-39)11-15-26)44-37-31(43-35)17-28(21-41)32-29-6-1-2-7-30(29)42-34(33(32)37)27-5-3-4-24(16-27)20-40/h1-17H. The number of rotatable bonds is 3. The first-order valence-corrected chi connectivity index (χ1v) is 13.6. The highest BCUT2D eigenvalue weighted by Gasteiger charge is 2.22. The van der Waals surface area contributed by atoms with Gasteiger partial charge in [0.1, 0.15) is 0 Å². The number of benzene rings is 5. The molecular formula is C37H17N7. The molecule has 7 nitrogen and oxygen atoms in total. The molecule has 0 unspecified atom stereocenters. The van der Waals surface area contributed by atoms with Gasteiger partial charge in [-0.15, -0.1) is 0 Å². The van der Waals surface area contributed by atoms with E-state index in [4.69, 9.17) is 15.0 Å². The lowest BCUT2D eigenvalue weighted by Gasteiger charge is -2.16. The summed E-state index contributed by atoms with van der Waals surface area (Å²) in [4.78, 5) is 15.4. The Morgan fingerprint density at radius 1 is 0.432 bits per heavy atom. The van der Waals surface area contributed by atoms with Gasteiger partial charge in [0.25, 0.3) is 0 Å². The van der Waals surface area contributed by atoms with Gasteiger partial charge in [0.2, 0.25) is 0 Å². The molecule has 0 radical (unpaired) electrons. The normalized spacial score (nSPS) is 10.6. The van der Waals surface area contributed by atoms with Gasteiger partial charge >= 0.3 is 0 Å². The van der Waals surface area contributed by atoms with Crippen molar-refractivity contribution in [2.45, 2.75) is 0 Å². The SMILES string of the molecule is N#Cc1ccc(-c2nc3cc(C#N)c4c5ccccc5nc(-c5cccc(C#N)c5)c4c3nc2-c2ccc(C#N)cc2)cc1. The molecule has 0 aliphatic heterocycles. The summed E-state index contributed by atoms with van der Waals surface area (Å²) in [5.74, 6) is 0. The second kappa shape index (κ2) is 10.5. The van der Waals surface area contributed by atoms with E-state index in [-0.39, 0.29) is 0 Å². The first kappa shape index (κ1) is 26.0. The van der Waals surface area contributed by atoms with E-state index in [1.54, 1.807) is 42.5 Å². The zero-order valence-corrected chi connectivity index (χ0v) is 22.9. The fourth-order valence-electron chi connectivity index (χ4n) is 5.51. The zero-order chi connectivity index (χ0) is 30.2. The van der Waals surface area contributed by atoms with Gasteiger partial charge in [-0.25, -0.2) is 15.0 Å². The van der Waals surface area contributed by atoms with Gasteiger partial charge in [-0.2, -0.15) is 21.0 Å². The largest absolute Gasteiger partial charge is 0.247 e. The van der Waals surface area contributed by atoms with Crippen molar-refractivity contribution in [2.75, 3.05) is 0 Å². The molecule has 0 aliphatic carbocycles. The third kappa shape index (κ3) is 4.23. The molecule has 0 saturated carbocycles. The Morgan fingerprint density at radius 3 is 1.68 bits per heavy atom. The Labute approximate surface area is 251 Å². The summed E-state index contributed by atoms with van der Waals surface area (Å²) >= 11 is 0. The van der Waals surface area contributed by atoms with E-state index in [2.05, 4.69) is 24.3 Å². The van der Waals surface area contributed by atoms with E-state index in [9.17, 15) is 21.0 Å². The maximum Gasteiger partial charge on any atom is 0.0999 e. The minimum atomic E-state index is 0.426. The van der Waals surface area contributed by atoms with Gasteiger partial charge in [0.15, 0.2) is 0 Å². The molecule has 0 amide bonds. The van der Waals surface area contributed by atoms with Crippen molar-refractivity contribution in [3.8, 4) is 58.0 Å². The van der Waals surface area contributed by atoms with E-state index in [0.717, 1.165) is 16.5 Å². The first-order chi connectivity index (χ1) is 21.6. The second-order valence-electron chi connectivity index (χ2n) is 10.1. The predicted molar refractivity (Wildman–Crippen MR) is 168 cm³/mol. The molecule has 0 fully saturated rings. The minimum absolute atomic E-state index is 0.426. The number of hydrogen-bond donors (Lipinski definition) is 0. The van der Waals surface area contributed by atoms with Crippen molar-refractivity contribution in [3.05, 3.63) is 125 Å². The number of pyridine rings is 1. The van der Waals surface area contributed by atoms with Gasteiger partial charge in [-0.3, -0.25) is 0 Å². The highest BCUT2D eigenvalue weighted by Crippen LogP contribution is 2.40. The van der Waals surface area contributed by atoms with Crippen LogP contribution in [-0.2, 0) is 0 Å². The molecule has 7 heteroatoms. The summed E-state index contributed by atoms with van der Waals surface area (Å²) in [5.41, 5.74) is 7.64. The van der Waals surface area contributed by atoms with Crippen LogP contribution in [-0.4, -0.2) is 15.0 Å². The van der Waals surface area contributed by atoms with E-state index in [1.807, 2.05) is 60.7 Å². The van der Waals surface area contributed by atoms with Crippen molar-refractivity contribution in [2.24, 2.45) is 0 Å². The second-order valence-corrected chi connectivity index (χ2v) is 10.1. The molecule has 5 aromatic carbocycles. The van der Waals surface area contributed by atoms with Crippen molar-refractivity contribution in [3.63, 3.8) is 0 Å². The molecule has 0 N–H and O–H groups in total. The van der Waals surface area contributed by atoms with Crippen LogP contribution in [0, 0.1) is 45.3 Å². The predicted octanol–water partition coefficient (Wildman–Crippen LogP) is 7.82. The van der Waals surface area contributed by atoms with Crippen molar-refractivity contribution in [1.82, 2.24) is 15.0 Å². The van der Waals surface area contributed by atoms with Crippen molar-refractivity contribution < 1.29 is 0 Å². The molecule has 0 aliphatic rings. The summed E-state index contributed by atoms with van der Waals surface area (Å²) < 4.78 is 0. The Bertz CT molecular complexity index is 2470. The molecule has 0 spiro atoms. The molecule has 0 bridgehead atoms. The molecule has 7 rings (SSSR count). The van der Waals surface area contributed by atoms with Crippen LogP contribution in [0.25, 0.3) is 66.5 Å². The van der Waals surface area contributed by atoms with E-state index < -0.39 is 0 Å². The fourth-order valence-corrected chi connectivity index (χ4v) is 5.51. The van der Waals surface area contributed by atoms with Crippen molar-refractivity contribution >= 4 is 32.7 Å². The summed E-state index contributed by atoms with van der Waals surface area (Å²) in [5, 5.41) is 41.0. The number of aromatic nitrogens is 3. The summed E-state index contributed by atoms with van der Waals surface area (Å²) in [6.45, 7) is 0. The number of fused-ring (bicyclic) bond motifs is 5. The van der Waals surface area contributed by atoms with Crippen LogP contribution in [0.5, 0.6) is 0 Å². The molecule has 200 valence electrons. The zero-order valence-electron chi connectivity index (χ0n) is 22.9. The molecule has 2 aromatic heterocycles. The highest BCUT2D eigenvalue weighted by molar-refractivity contribution is 6.22. The summed E-state index contributed by atoms with van der Waals surface area (Å²) in [7, 11) is 0. The smallest absolute Gasteiger partial charge is 0.0999 e. The van der Waals surface area contributed by atoms with Crippen LogP contribution in [0.2, 0.25) is 0 Å². The third-order valence-corrected chi connectivity index (χ3v) is 7.56. The molecule has 44 heavy (non-hydrogen) atoms. The molecule has 0 atom stereocenters. The Hall–Kier alpha value is -6.93. The van der Waals surface area contributed by atoms with Crippen LogP contribution in [0.1, 0.15) is 22.3 Å². The monoisotopic (exact) mass is 559 g/mol. The lowest BCUT2D eigenvalue weighted by atomic mass is 9.94. The van der Waals surface area contributed by atoms with Crippen LogP contribution in [0.3, 0.4) is 0 Å². The molecule has 0 saturated heterocycles. The Morgan fingerprint density at radius 2 is 1.05 bits per heavy atom. The van der Waals surface area contributed by atoms with Gasteiger partial charge in [0, 0.05) is 32.8 Å². The van der Waals surface area contributed by atoms with Crippen LogP contribution >= 0.6 is 0 Å². The number of hydrogen-bond acceptors (Lipinski definition) is 7.